The molecule has 0 saturated heterocycles. The van der Waals surface area contributed by atoms with Gasteiger partial charge in [-0.3, -0.25) is 4.79 Å². The van der Waals surface area contributed by atoms with E-state index in [-0.39, 0.29) is 11.4 Å². The van der Waals surface area contributed by atoms with Gasteiger partial charge in [0.15, 0.2) is 5.71 Å². The van der Waals surface area contributed by atoms with Crippen molar-refractivity contribution in [2.75, 3.05) is 0 Å². The van der Waals surface area contributed by atoms with Crippen molar-refractivity contribution in [1.29, 1.82) is 0 Å². The van der Waals surface area contributed by atoms with E-state index in [1.807, 2.05) is 0 Å². The molecule has 0 saturated carbocycles. The van der Waals surface area contributed by atoms with E-state index >= 15 is 0 Å². The zero-order valence-electron chi connectivity index (χ0n) is 5.28. The van der Waals surface area contributed by atoms with Gasteiger partial charge in [0, 0.05) is 12.2 Å². The third kappa shape index (κ3) is 0.813. The molecular weight excluding hydrogens is 149 g/mol. The molecule has 0 fully saturated rings. The second-order valence-electron chi connectivity index (χ2n) is 2.06. The van der Waals surface area contributed by atoms with E-state index in [0.717, 1.165) is 12.2 Å². The molecule has 0 aromatic carbocycles. The molecule has 0 spiro atoms. The molecule has 1 aliphatic carbocycles. The molecule has 1 aliphatic heterocycles. The predicted octanol–water partition coefficient (Wildman–Crippen LogP) is 1.13. The first-order chi connectivity index (χ1) is 5.27. The van der Waals surface area contributed by atoms with Gasteiger partial charge in [-0.1, -0.05) is 0 Å². The monoisotopic (exact) mass is 151 g/mol. The molecular formula is C6H2FN3O. The van der Waals surface area contributed by atoms with Crippen LogP contribution in [0.1, 0.15) is 0 Å². The highest BCUT2D eigenvalue weighted by molar-refractivity contribution is 6.50. The molecule has 4 nitrogen and oxygen atoms in total. The molecule has 54 valence electrons. The lowest BCUT2D eigenvalue weighted by atomic mass is 10.1. The molecule has 1 heterocycles. The standard InChI is InChI=1S/C6H2FN3O/c7-3-1-4-6(5(11)2-3)9-10-8-4/h1-2H. The fraction of sp³-hybridized carbons (Fsp3) is 0. The van der Waals surface area contributed by atoms with Crippen LogP contribution in [-0.4, -0.2) is 11.5 Å². The molecule has 0 bridgehead atoms. The van der Waals surface area contributed by atoms with Crippen molar-refractivity contribution in [1.82, 2.24) is 0 Å². The Kier molecular flexibility index (Phi) is 1.06. The normalized spacial score (nSPS) is 20.8. The molecule has 0 aromatic heterocycles. The number of rotatable bonds is 0. The Morgan fingerprint density at radius 1 is 1.36 bits per heavy atom. The first-order valence-electron chi connectivity index (χ1n) is 2.90. The van der Waals surface area contributed by atoms with E-state index in [4.69, 9.17) is 0 Å². The van der Waals surface area contributed by atoms with Crippen molar-refractivity contribution in [2.45, 2.75) is 0 Å². The minimum absolute atomic E-state index is 0.117. The number of hydrogen-bond acceptors (Lipinski definition) is 4. The number of hydrogen-bond donors (Lipinski definition) is 0. The summed E-state index contributed by atoms with van der Waals surface area (Å²) >= 11 is 0. The number of nitrogens with zero attached hydrogens (tertiary/aromatic N) is 3. The lowest BCUT2D eigenvalue weighted by Gasteiger charge is -1.99. The highest BCUT2D eigenvalue weighted by Gasteiger charge is 2.23. The second-order valence-corrected chi connectivity index (χ2v) is 2.06. The Balaban J connectivity index is 2.54. The second kappa shape index (κ2) is 1.91. The zero-order chi connectivity index (χ0) is 7.84. The van der Waals surface area contributed by atoms with Gasteiger partial charge in [-0.05, 0) is 5.22 Å². The van der Waals surface area contributed by atoms with E-state index in [9.17, 15) is 9.18 Å². The minimum atomic E-state index is -0.607. The average molecular weight is 151 g/mol. The van der Waals surface area contributed by atoms with Crippen molar-refractivity contribution in [3.05, 3.63) is 23.7 Å². The van der Waals surface area contributed by atoms with E-state index in [2.05, 4.69) is 15.4 Å². The number of halogens is 1. The van der Waals surface area contributed by atoms with Crippen LogP contribution >= 0.6 is 0 Å². The molecule has 2 rings (SSSR count). The fourth-order valence-corrected chi connectivity index (χ4v) is 0.852. The van der Waals surface area contributed by atoms with Gasteiger partial charge in [0.25, 0.3) is 0 Å². The number of fused-ring (bicyclic) bond motifs is 1. The summed E-state index contributed by atoms with van der Waals surface area (Å²) < 4.78 is 12.5. The molecule has 2 aliphatic rings. The highest BCUT2D eigenvalue weighted by atomic mass is 19.1. The molecule has 0 unspecified atom stereocenters. The summed E-state index contributed by atoms with van der Waals surface area (Å²) in [4.78, 5) is 10.9. The van der Waals surface area contributed by atoms with Crippen LogP contribution in [0.5, 0.6) is 0 Å². The van der Waals surface area contributed by atoms with Crippen LogP contribution < -0.4 is 0 Å². The lowest BCUT2D eigenvalue weighted by molar-refractivity contribution is -0.108. The SMILES string of the molecule is O=C1C=C(F)C=C2N=NN=C12. The maximum Gasteiger partial charge on any atom is 0.211 e. The van der Waals surface area contributed by atoms with E-state index in [1.54, 1.807) is 0 Å². The van der Waals surface area contributed by atoms with Crippen LogP contribution in [0.15, 0.2) is 39.1 Å². The fourth-order valence-electron chi connectivity index (χ4n) is 0.852. The number of carbonyl (C=O) groups is 1. The van der Waals surface area contributed by atoms with Gasteiger partial charge in [0.05, 0.1) is 0 Å². The summed E-state index contributed by atoms with van der Waals surface area (Å²) in [6.45, 7) is 0. The summed E-state index contributed by atoms with van der Waals surface area (Å²) in [5.41, 5.74) is 0.321. The van der Waals surface area contributed by atoms with Gasteiger partial charge in [-0.25, -0.2) is 4.39 Å². The number of ketones is 1. The molecule has 0 aromatic rings. The lowest BCUT2D eigenvalue weighted by Crippen LogP contribution is -2.14. The molecule has 0 radical (unpaired) electrons. The Morgan fingerprint density at radius 2 is 2.18 bits per heavy atom. The first kappa shape index (κ1) is 6.09. The molecule has 0 N–H and O–H groups in total. The van der Waals surface area contributed by atoms with Gasteiger partial charge in [0.1, 0.15) is 11.5 Å². The zero-order valence-corrected chi connectivity index (χ0v) is 5.28. The van der Waals surface area contributed by atoms with Crippen molar-refractivity contribution in [2.24, 2.45) is 15.4 Å². The summed E-state index contributed by atoms with van der Waals surface area (Å²) in [7, 11) is 0. The van der Waals surface area contributed by atoms with Crippen LogP contribution in [0.4, 0.5) is 4.39 Å². The van der Waals surface area contributed by atoms with Crippen molar-refractivity contribution >= 4 is 11.5 Å². The van der Waals surface area contributed by atoms with Crippen LogP contribution in [0, 0.1) is 0 Å². The molecule has 0 atom stereocenters. The van der Waals surface area contributed by atoms with E-state index in [0.29, 0.717) is 0 Å². The Labute approximate surface area is 60.8 Å². The third-order valence-corrected chi connectivity index (χ3v) is 1.32. The van der Waals surface area contributed by atoms with E-state index < -0.39 is 11.6 Å². The topological polar surface area (TPSA) is 54.1 Å². The van der Waals surface area contributed by atoms with Crippen LogP contribution in [-0.2, 0) is 4.79 Å². The summed E-state index contributed by atoms with van der Waals surface area (Å²) in [5, 5.41) is 10.1. The summed E-state index contributed by atoms with van der Waals surface area (Å²) in [6.07, 6.45) is 1.98. The summed E-state index contributed by atoms with van der Waals surface area (Å²) in [5.74, 6) is -1.09. The van der Waals surface area contributed by atoms with E-state index in [1.165, 1.54) is 0 Å². The van der Waals surface area contributed by atoms with Crippen LogP contribution in [0.2, 0.25) is 0 Å². The Hall–Kier alpha value is -1.65. The number of carbonyl (C=O) groups excluding carboxylic acids is 1. The van der Waals surface area contributed by atoms with Gasteiger partial charge in [0.2, 0.25) is 5.78 Å². The molecule has 11 heavy (non-hydrogen) atoms. The van der Waals surface area contributed by atoms with Gasteiger partial charge < -0.3 is 0 Å². The first-order valence-corrected chi connectivity index (χ1v) is 2.90. The third-order valence-electron chi connectivity index (χ3n) is 1.32. The Bertz CT molecular complexity index is 351. The van der Waals surface area contributed by atoms with Gasteiger partial charge >= 0.3 is 0 Å². The van der Waals surface area contributed by atoms with Crippen molar-refractivity contribution < 1.29 is 9.18 Å². The highest BCUT2D eigenvalue weighted by Crippen LogP contribution is 2.19. The van der Waals surface area contributed by atoms with Gasteiger partial charge in [-0.15, -0.1) is 10.2 Å². The smallest absolute Gasteiger partial charge is 0.211 e. The average Bonchev–Trinajstić information content (AvgIpc) is 2.34. The maximum atomic E-state index is 12.5. The molecule has 0 amide bonds. The van der Waals surface area contributed by atoms with Crippen LogP contribution in [0.25, 0.3) is 0 Å². The summed E-state index contributed by atoms with van der Waals surface area (Å²) in [6, 6.07) is 0. The van der Waals surface area contributed by atoms with Crippen LogP contribution in [0.3, 0.4) is 0 Å². The predicted molar refractivity (Wildman–Crippen MR) is 34.6 cm³/mol. The van der Waals surface area contributed by atoms with Gasteiger partial charge in [-0.2, -0.15) is 0 Å². The van der Waals surface area contributed by atoms with Crippen molar-refractivity contribution in [3.8, 4) is 0 Å². The maximum absolute atomic E-state index is 12.5. The largest absolute Gasteiger partial charge is 0.287 e. The Morgan fingerprint density at radius 3 is 3.00 bits per heavy atom. The molecule has 5 heteroatoms. The minimum Gasteiger partial charge on any atom is -0.287 e. The van der Waals surface area contributed by atoms with Crippen molar-refractivity contribution in [3.63, 3.8) is 0 Å². The quantitative estimate of drug-likeness (QED) is 0.478. The number of allylic oxidation sites excluding steroid dienone is 4.